The summed E-state index contributed by atoms with van der Waals surface area (Å²) >= 11 is 0. The monoisotopic (exact) mass is 340 g/mol. The van der Waals surface area contributed by atoms with E-state index in [-0.39, 0.29) is 18.2 Å². The molecule has 0 fully saturated rings. The first-order valence-electron chi connectivity index (χ1n) is 8.51. The first-order valence-corrected chi connectivity index (χ1v) is 8.51. The van der Waals surface area contributed by atoms with Crippen LogP contribution in [0.15, 0.2) is 54.6 Å². The Morgan fingerprint density at radius 2 is 1.68 bits per heavy atom. The molecular formula is C20H24N2O3. The Bertz CT molecular complexity index is 686. The molecule has 0 heterocycles. The molecule has 2 amide bonds. The van der Waals surface area contributed by atoms with Crippen LogP contribution in [0.2, 0.25) is 0 Å². The average molecular weight is 340 g/mol. The average Bonchev–Trinajstić information content (AvgIpc) is 2.62. The van der Waals surface area contributed by atoms with Gasteiger partial charge in [0.1, 0.15) is 5.75 Å². The van der Waals surface area contributed by atoms with Crippen molar-refractivity contribution < 1.29 is 14.3 Å². The van der Waals surface area contributed by atoms with E-state index in [4.69, 9.17) is 4.74 Å². The van der Waals surface area contributed by atoms with Gasteiger partial charge in [0.15, 0.2) is 0 Å². The van der Waals surface area contributed by atoms with Crippen LogP contribution in [0.25, 0.3) is 0 Å². The van der Waals surface area contributed by atoms with Gasteiger partial charge in [-0.15, -0.1) is 0 Å². The molecule has 5 nitrogen and oxygen atoms in total. The molecule has 2 aromatic rings. The second-order valence-electron chi connectivity index (χ2n) is 5.66. The lowest BCUT2D eigenvalue weighted by Crippen LogP contribution is -2.28. The van der Waals surface area contributed by atoms with Crippen molar-refractivity contribution in [3.05, 3.63) is 60.2 Å². The zero-order valence-corrected chi connectivity index (χ0v) is 14.5. The number of ether oxygens (including phenoxy) is 1. The Labute approximate surface area is 148 Å². The Kier molecular flexibility index (Phi) is 7.50. The number of benzene rings is 2. The Balaban J connectivity index is 1.75. The van der Waals surface area contributed by atoms with E-state index < -0.39 is 0 Å². The van der Waals surface area contributed by atoms with Crippen LogP contribution in [0.4, 0.5) is 5.69 Å². The summed E-state index contributed by atoms with van der Waals surface area (Å²) in [5, 5.41) is 5.59. The molecule has 2 N–H and O–H groups in total. The fourth-order valence-electron chi connectivity index (χ4n) is 2.28. The van der Waals surface area contributed by atoms with Gasteiger partial charge in [0.05, 0.1) is 18.7 Å². The van der Waals surface area contributed by atoms with Crippen molar-refractivity contribution >= 4 is 17.5 Å². The SMILES string of the molecule is CCCOc1ccccc1NC(=O)CCNC(=O)Cc1ccccc1. The third-order valence-electron chi connectivity index (χ3n) is 3.50. The maximum absolute atomic E-state index is 12.1. The summed E-state index contributed by atoms with van der Waals surface area (Å²) in [6, 6.07) is 16.8. The van der Waals surface area contributed by atoms with E-state index in [0.717, 1.165) is 12.0 Å². The summed E-state index contributed by atoms with van der Waals surface area (Å²) in [6.45, 7) is 2.93. The first kappa shape index (κ1) is 18.5. The summed E-state index contributed by atoms with van der Waals surface area (Å²) in [7, 11) is 0. The summed E-state index contributed by atoms with van der Waals surface area (Å²) in [5.41, 5.74) is 1.60. The van der Waals surface area contributed by atoms with Crippen LogP contribution in [-0.2, 0) is 16.0 Å². The standard InChI is InChI=1S/C20H24N2O3/c1-2-14-25-18-11-7-6-10-17(18)22-19(23)12-13-21-20(24)15-16-8-4-3-5-9-16/h3-11H,2,12-15H2,1H3,(H,21,24)(H,22,23). The summed E-state index contributed by atoms with van der Waals surface area (Å²) in [6.07, 6.45) is 1.43. The van der Waals surface area contributed by atoms with Gasteiger partial charge in [-0.3, -0.25) is 9.59 Å². The molecule has 0 atom stereocenters. The number of nitrogens with one attached hydrogen (secondary N) is 2. The first-order chi connectivity index (χ1) is 12.2. The molecule has 0 unspecified atom stereocenters. The normalized spacial score (nSPS) is 10.1. The second-order valence-corrected chi connectivity index (χ2v) is 5.66. The lowest BCUT2D eigenvalue weighted by atomic mass is 10.1. The van der Waals surface area contributed by atoms with E-state index in [9.17, 15) is 9.59 Å². The highest BCUT2D eigenvalue weighted by atomic mass is 16.5. The van der Waals surface area contributed by atoms with Crippen molar-refractivity contribution in [2.24, 2.45) is 0 Å². The topological polar surface area (TPSA) is 67.4 Å². The zero-order chi connectivity index (χ0) is 17.9. The van der Waals surface area contributed by atoms with Crippen molar-refractivity contribution in [3.63, 3.8) is 0 Å². The van der Waals surface area contributed by atoms with E-state index in [1.165, 1.54) is 0 Å². The van der Waals surface area contributed by atoms with Gasteiger partial charge >= 0.3 is 0 Å². The van der Waals surface area contributed by atoms with E-state index in [2.05, 4.69) is 10.6 Å². The van der Waals surface area contributed by atoms with Crippen LogP contribution >= 0.6 is 0 Å². The highest BCUT2D eigenvalue weighted by Crippen LogP contribution is 2.23. The molecule has 0 radical (unpaired) electrons. The minimum atomic E-state index is -0.160. The molecule has 0 saturated carbocycles. The number of rotatable bonds is 9. The molecule has 5 heteroatoms. The van der Waals surface area contributed by atoms with Crippen molar-refractivity contribution in [2.45, 2.75) is 26.2 Å². The fourth-order valence-corrected chi connectivity index (χ4v) is 2.28. The van der Waals surface area contributed by atoms with Crippen molar-refractivity contribution in [3.8, 4) is 5.75 Å². The Morgan fingerprint density at radius 3 is 2.44 bits per heavy atom. The third kappa shape index (κ3) is 6.67. The highest BCUT2D eigenvalue weighted by Gasteiger charge is 2.08. The van der Waals surface area contributed by atoms with Crippen LogP contribution in [0.3, 0.4) is 0 Å². The predicted octanol–water partition coefficient (Wildman–Crippen LogP) is 3.16. The minimum absolute atomic E-state index is 0.0920. The Hall–Kier alpha value is -2.82. The van der Waals surface area contributed by atoms with Crippen LogP contribution in [0, 0.1) is 0 Å². The maximum atomic E-state index is 12.1. The highest BCUT2D eigenvalue weighted by molar-refractivity contribution is 5.92. The van der Waals surface area contributed by atoms with E-state index >= 15 is 0 Å². The number of hydrogen-bond acceptors (Lipinski definition) is 3. The number of para-hydroxylation sites is 2. The van der Waals surface area contributed by atoms with E-state index in [0.29, 0.717) is 31.0 Å². The number of hydrogen-bond donors (Lipinski definition) is 2. The van der Waals surface area contributed by atoms with Gasteiger partial charge in [0.25, 0.3) is 0 Å². The second kappa shape index (κ2) is 10.1. The van der Waals surface area contributed by atoms with Crippen molar-refractivity contribution in [1.82, 2.24) is 5.32 Å². The minimum Gasteiger partial charge on any atom is -0.491 e. The van der Waals surface area contributed by atoms with Gasteiger partial charge in [-0.25, -0.2) is 0 Å². The number of carbonyl (C=O) groups excluding carboxylic acids is 2. The number of anilines is 1. The Morgan fingerprint density at radius 1 is 0.960 bits per heavy atom. The van der Waals surface area contributed by atoms with Crippen LogP contribution in [0.5, 0.6) is 5.75 Å². The van der Waals surface area contributed by atoms with Gasteiger partial charge in [-0.1, -0.05) is 49.4 Å². The molecule has 0 aromatic heterocycles. The molecule has 0 spiro atoms. The van der Waals surface area contributed by atoms with Gasteiger partial charge in [-0.05, 0) is 24.1 Å². The molecule has 25 heavy (non-hydrogen) atoms. The van der Waals surface area contributed by atoms with Gasteiger partial charge < -0.3 is 15.4 Å². The van der Waals surface area contributed by atoms with Gasteiger partial charge in [-0.2, -0.15) is 0 Å². The molecule has 0 aliphatic carbocycles. The zero-order valence-electron chi connectivity index (χ0n) is 14.5. The van der Waals surface area contributed by atoms with Crippen LogP contribution in [0.1, 0.15) is 25.3 Å². The number of amides is 2. The van der Waals surface area contributed by atoms with Crippen LogP contribution < -0.4 is 15.4 Å². The molecule has 0 saturated heterocycles. The van der Waals surface area contributed by atoms with Gasteiger partial charge in [0, 0.05) is 13.0 Å². The predicted molar refractivity (Wildman–Crippen MR) is 98.6 cm³/mol. The quantitative estimate of drug-likeness (QED) is 0.737. The summed E-state index contributed by atoms with van der Waals surface area (Å²) in [4.78, 5) is 23.9. The molecule has 0 aliphatic heterocycles. The lowest BCUT2D eigenvalue weighted by Gasteiger charge is -2.12. The molecule has 0 aliphatic rings. The molecule has 132 valence electrons. The largest absolute Gasteiger partial charge is 0.491 e. The molecule has 2 aromatic carbocycles. The summed E-state index contributed by atoms with van der Waals surface area (Å²) < 4.78 is 5.61. The molecule has 0 bridgehead atoms. The molecular weight excluding hydrogens is 316 g/mol. The maximum Gasteiger partial charge on any atom is 0.226 e. The van der Waals surface area contributed by atoms with E-state index in [1.54, 1.807) is 6.07 Å². The molecule has 2 rings (SSSR count). The smallest absolute Gasteiger partial charge is 0.226 e. The van der Waals surface area contributed by atoms with Gasteiger partial charge in [0.2, 0.25) is 11.8 Å². The number of carbonyl (C=O) groups is 2. The fraction of sp³-hybridized carbons (Fsp3) is 0.300. The lowest BCUT2D eigenvalue weighted by molar-refractivity contribution is -0.120. The van der Waals surface area contributed by atoms with Crippen molar-refractivity contribution in [2.75, 3.05) is 18.5 Å². The third-order valence-corrected chi connectivity index (χ3v) is 3.50. The van der Waals surface area contributed by atoms with E-state index in [1.807, 2.05) is 55.5 Å². The van der Waals surface area contributed by atoms with Crippen molar-refractivity contribution in [1.29, 1.82) is 0 Å². The van der Waals surface area contributed by atoms with Crippen LogP contribution in [-0.4, -0.2) is 25.0 Å². The summed E-state index contributed by atoms with van der Waals surface area (Å²) in [5.74, 6) is 0.407.